The molecule has 3 heteroatoms. The molecule has 0 spiro atoms. The molecule has 1 fully saturated rings. The fourth-order valence-corrected chi connectivity index (χ4v) is 3.29. The van der Waals surface area contributed by atoms with Crippen LogP contribution in [0.5, 0.6) is 5.75 Å². The molecule has 1 aliphatic heterocycles. The molecule has 0 radical (unpaired) electrons. The summed E-state index contributed by atoms with van der Waals surface area (Å²) < 4.78 is 6.16. The molecular formula is C15H23NOS. The first-order valence-electron chi connectivity index (χ1n) is 6.66. The first kappa shape index (κ1) is 13.8. The minimum absolute atomic E-state index is 0.193. The largest absolute Gasteiger partial charge is 0.490 e. The second kappa shape index (κ2) is 5.98. The van der Waals surface area contributed by atoms with Gasteiger partial charge in [-0.25, -0.2) is 0 Å². The zero-order valence-corrected chi connectivity index (χ0v) is 12.1. The van der Waals surface area contributed by atoms with E-state index in [1.807, 2.05) is 17.8 Å². The lowest BCUT2D eigenvalue weighted by atomic mass is 9.95. The molecular weight excluding hydrogens is 242 g/mol. The van der Waals surface area contributed by atoms with Crippen molar-refractivity contribution in [3.05, 3.63) is 29.8 Å². The molecule has 100 valence electrons. The summed E-state index contributed by atoms with van der Waals surface area (Å²) in [4.78, 5) is 0. The minimum Gasteiger partial charge on any atom is -0.490 e. The van der Waals surface area contributed by atoms with Gasteiger partial charge < -0.3 is 10.5 Å². The lowest BCUT2D eigenvalue weighted by Gasteiger charge is -2.26. The lowest BCUT2D eigenvalue weighted by molar-refractivity contribution is 0.190. The van der Waals surface area contributed by atoms with Crippen molar-refractivity contribution in [1.29, 1.82) is 0 Å². The maximum Gasteiger partial charge on any atom is 0.122 e. The van der Waals surface area contributed by atoms with Crippen molar-refractivity contribution in [2.75, 3.05) is 11.5 Å². The summed E-state index contributed by atoms with van der Waals surface area (Å²) in [6, 6.07) is 8.30. The number of benzene rings is 1. The Labute approximate surface area is 114 Å². The Hall–Kier alpha value is -0.670. The van der Waals surface area contributed by atoms with Gasteiger partial charge in [-0.1, -0.05) is 18.2 Å². The third-order valence-corrected chi connectivity index (χ3v) is 4.13. The smallest absolute Gasteiger partial charge is 0.122 e. The van der Waals surface area contributed by atoms with Crippen LogP contribution in [0.25, 0.3) is 0 Å². The molecule has 2 nitrogen and oxygen atoms in total. The highest BCUT2D eigenvalue weighted by molar-refractivity contribution is 7.99. The molecule has 1 heterocycles. The Morgan fingerprint density at radius 2 is 1.94 bits per heavy atom. The predicted octanol–water partition coefficient (Wildman–Crippen LogP) is 3.24. The first-order valence-corrected chi connectivity index (χ1v) is 7.81. The summed E-state index contributed by atoms with van der Waals surface area (Å²) in [6.07, 6.45) is 3.55. The zero-order valence-electron chi connectivity index (χ0n) is 11.3. The Balaban J connectivity index is 2.06. The second-order valence-electron chi connectivity index (χ2n) is 5.70. The van der Waals surface area contributed by atoms with Crippen LogP contribution < -0.4 is 10.5 Å². The average molecular weight is 265 g/mol. The van der Waals surface area contributed by atoms with Crippen LogP contribution in [0.4, 0.5) is 0 Å². The summed E-state index contributed by atoms with van der Waals surface area (Å²) in [5, 5.41) is 0. The van der Waals surface area contributed by atoms with E-state index in [2.05, 4.69) is 32.0 Å². The number of nitrogens with two attached hydrogens (primary N) is 1. The van der Waals surface area contributed by atoms with Crippen LogP contribution in [0, 0.1) is 0 Å². The lowest BCUT2D eigenvalue weighted by Crippen LogP contribution is -2.34. The first-order chi connectivity index (χ1) is 8.54. The molecule has 0 atom stereocenters. The number of hydrogen-bond donors (Lipinski definition) is 1. The summed E-state index contributed by atoms with van der Waals surface area (Å²) in [7, 11) is 0. The fourth-order valence-electron chi connectivity index (χ4n) is 2.23. The molecule has 1 aromatic carbocycles. The van der Waals surface area contributed by atoms with E-state index in [1.54, 1.807) is 0 Å². The second-order valence-corrected chi connectivity index (χ2v) is 6.93. The van der Waals surface area contributed by atoms with E-state index in [9.17, 15) is 0 Å². The van der Waals surface area contributed by atoms with E-state index in [4.69, 9.17) is 10.5 Å². The van der Waals surface area contributed by atoms with E-state index in [-0.39, 0.29) is 5.54 Å². The molecule has 0 saturated carbocycles. The van der Waals surface area contributed by atoms with Crippen LogP contribution in [-0.4, -0.2) is 23.1 Å². The Morgan fingerprint density at radius 3 is 2.61 bits per heavy atom. The molecule has 18 heavy (non-hydrogen) atoms. The van der Waals surface area contributed by atoms with Gasteiger partial charge in [0, 0.05) is 5.54 Å². The highest BCUT2D eigenvalue weighted by atomic mass is 32.2. The van der Waals surface area contributed by atoms with Gasteiger partial charge in [0.2, 0.25) is 0 Å². The van der Waals surface area contributed by atoms with Gasteiger partial charge >= 0.3 is 0 Å². The quantitative estimate of drug-likeness (QED) is 0.907. The van der Waals surface area contributed by atoms with Gasteiger partial charge in [-0.2, -0.15) is 11.8 Å². The maximum absolute atomic E-state index is 6.16. The number of para-hydroxylation sites is 1. The third kappa shape index (κ3) is 4.21. The molecule has 0 aliphatic carbocycles. The summed E-state index contributed by atoms with van der Waals surface area (Å²) in [5.41, 5.74) is 7.14. The van der Waals surface area contributed by atoms with Gasteiger partial charge in [-0.15, -0.1) is 0 Å². The Bertz CT molecular complexity index is 380. The van der Waals surface area contributed by atoms with Crippen LogP contribution in [0.3, 0.4) is 0 Å². The van der Waals surface area contributed by atoms with Crippen LogP contribution in [0.2, 0.25) is 0 Å². The number of hydrogen-bond acceptors (Lipinski definition) is 3. The standard InChI is InChI=1S/C15H23NOS/c1-15(2,16)11-12-5-3-4-6-14(12)17-13-7-9-18-10-8-13/h3-6,13H,7-11,16H2,1-2H3. The van der Waals surface area contributed by atoms with E-state index in [0.29, 0.717) is 6.10 Å². The highest BCUT2D eigenvalue weighted by Crippen LogP contribution is 2.27. The molecule has 0 unspecified atom stereocenters. The minimum atomic E-state index is -0.193. The topological polar surface area (TPSA) is 35.2 Å². The van der Waals surface area contributed by atoms with Crippen LogP contribution >= 0.6 is 11.8 Å². The van der Waals surface area contributed by atoms with Crippen molar-refractivity contribution in [1.82, 2.24) is 0 Å². The highest BCUT2D eigenvalue weighted by Gasteiger charge is 2.19. The molecule has 2 rings (SSSR count). The van der Waals surface area contributed by atoms with Gasteiger partial charge in [-0.3, -0.25) is 0 Å². The molecule has 1 saturated heterocycles. The van der Waals surface area contributed by atoms with E-state index >= 15 is 0 Å². The zero-order chi connectivity index (χ0) is 13.0. The predicted molar refractivity (Wildman–Crippen MR) is 79.4 cm³/mol. The van der Waals surface area contributed by atoms with Gasteiger partial charge in [0.25, 0.3) is 0 Å². The normalized spacial score (nSPS) is 17.7. The van der Waals surface area contributed by atoms with Crippen molar-refractivity contribution >= 4 is 11.8 Å². The molecule has 0 aromatic heterocycles. The van der Waals surface area contributed by atoms with Crippen molar-refractivity contribution in [3.63, 3.8) is 0 Å². The monoisotopic (exact) mass is 265 g/mol. The number of thioether (sulfide) groups is 1. The molecule has 1 aliphatic rings. The van der Waals surface area contributed by atoms with E-state index in [0.717, 1.165) is 25.0 Å². The van der Waals surface area contributed by atoms with Crippen molar-refractivity contribution in [3.8, 4) is 5.75 Å². The van der Waals surface area contributed by atoms with Gasteiger partial charge in [0.15, 0.2) is 0 Å². The fraction of sp³-hybridized carbons (Fsp3) is 0.600. The van der Waals surface area contributed by atoms with Crippen LogP contribution in [0.1, 0.15) is 32.3 Å². The van der Waals surface area contributed by atoms with E-state index < -0.39 is 0 Å². The Morgan fingerprint density at radius 1 is 1.28 bits per heavy atom. The van der Waals surface area contributed by atoms with Gasteiger partial charge in [0.1, 0.15) is 11.9 Å². The van der Waals surface area contributed by atoms with Gasteiger partial charge in [-0.05, 0) is 56.2 Å². The SMILES string of the molecule is CC(C)(N)Cc1ccccc1OC1CCSCC1. The summed E-state index contributed by atoms with van der Waals surface area (Å²) in [5.74, 6) is 3.46. The van der Waals surface area contributed by atoms with Crippen molar-refractivity contribution < 1.29 is 4.74 Å². The molecule has 1 aromatic rings. The van der Waals surface area contributed by atoms with Crippen molar-refractivity contribution in [2.24, 2.45) is 5.73 Å². The third-order valence-electron chi connectivity index (χ3n) is 3.08. The molecule has 0 bridgehead atoms. The molecule has 0 amide bonds. The Kier molecular flexibility index (Phi) is 4.57. The summed E-state index contributed by atoms with van der Waals surface area (Å²) in [6.45, 7) is 4.11. The molecule has 2 N–H and O–H groups in total. The van der Waals surface area contributed by atoms with E-state index in [1.165, 1.54) is 17.1 Å². The average Bonchev–Trinajstić information content (AvgIpc) is 2.31. The summed E-state index contributed by atoms with van der Waals surface area (Å²) >= 11 is 2.02. The maximum atomic E-state index is 6.16. The van der Waals surface area contributed by atoms with Gasteiger partial charge in [0.05, 0.1) is 0 Å². The van der Waals surface area contributed by atoms with Crippen molar-refractivity contribution in [2.45, 2.75) is 44.8 Å². The number of ether oxygens (including phenoxy) is 1. The van der Waals surface area contributed by atoms with Crippen LogP contribution in [0.15, 0.2) is 24.3 Å². The number of rotatable bonds is 4. The van der Waals surface area contributed by atoms with Crippen LogP contribution in [-0.2, 0) is 6.42 Å².